The predicted octanol–water partition coefficient (Wildman–Crippen LogP) is 2.46. The van der Waals surface area contributed by atoms with E-state index in [0.29, 0.717) is 0 Å². The normalized spacial score (nSPS) is 16.0. The third kappa shape index (κ3) is 3.55. The van der Waals surface area contributed by atoms with Crippen LogP contribution in [0.3, 0.4) is 0 Å². The number of fused-ring (bicyclic) bond motifs is 1. The fourth-order valence-electron chi connectivity index (χ4n) is 2.38. The molecule has 3 rings (SSSR count). The summed E-state index contributed by atoms with van der Waals surface area (Å²) in [5, 5.41) is 6.79. The molecule has 0 saturated carbocycles. The Bertz CT molecular complexity index is 526. The van der Waals surface area contributed by atoms with Gasteiger partial charge in [-0.25, -0.2) is 4.98 Å². The number of rotatable bonds is 3. The highest BCUT2D eigenvalue weighted by Crippen LogP contribution is 2.14. The Balaban J connectivity index is 0.00000133. The van der Waals surface area contributed by atoms with Gasteiger partial charge in [0, 0.05) is 6.54 Å². The van der Waals surface area contributed by atoms with Gasteiger partial charge < -0.3 is 10.6 Å². The lowest BCUT2D eigenvalue weighted by atomic mass is 9.98. The van der Waals surface area contributed by atoms with Crippen molar-refractivity contribution < 1.29 is 0 Å². The van der Waals surface area contributed by atoms with Crippen LogP contribution in [0.5, 0.6) is 0 Å². The van der Waals surface area contributed by atoms with Gasteiger partial charge in [-0.05, 0) is 44.0 Å². The van der Waals surface area contributed by atoms with Gasteiger partial charge in [0.15, 0.2) is 0 Å². The molecule has 2 N–H and O–H groups in total. The van der Waals surface area contributed by atoms with Gasteiger partial charge in [-0.2, -0.15) is 0 Å². The van der Waals surface area contributed by atoms with Crippen molar-refractivity contribution in [2.75, 3.05) is 25.0 Å². The first-order valence-corrected chi connectivity index (χ1v) is 6.58. The number of nitrogens with one attached hydrogen (secondary N) is 2. The van der Waals surface area contributed by atoms with Crippen LogP contribution in [0.15, 0.2) is 30.5 Å². The van der Waals surface area contributed by atoms with Gasteiger partial charge in [-0.1, -0.05) is 12.1 Å². The van der Waals surface area contributed by atoms with E-state index < -0.39 is 0 Å². The maximum absolute atomic E-state index is 4.57. The molecule has 0 unspecified atom stereocenters. The number of aromatic nitrogens is 2. The Morgan fingerprint density at radius 1 is 1.16 bits per heavy atom. The van der Waals surface area contributed by atoms with Crippen molar-refractivity contribution in [3.05, 3.63) is 30.5 Å². The fraction of sp³-hybridized carbons (Fsp3) is 0.429. The van der Waals surface area contributed by atoms with Gasteiger partial charge in [0.1, 0.15) is 5.82 Å². The molecule has 0 amide bonds. The predicted molar refractivity (Wildman–Crippen MR) is 80.9 cm³/mol. The zero-order valence-corrected chi connectivity index (χ0v) is 11.6. The lowest BCUT2D eigenvalue weighted by Gasteiger charge is -2.22. The lowest BCUT2D eigenvalue weighted by molar-refractivity contribution is 0.389. The molecule has 4 nitrogen and oxygen atoms in total. The lowest BCUT2D eigenvalue weighted by Crippen LogP contribution is -2.31. The van der Waals surface area contributed by atoms with E-state index in [1.54, 1.807) is 0 Å². The average Bonchev–Trinajstić information content (AvgIpc) is 2.46. The summed E-state index contributed by atoms with van der Waals surface area (Å²) < 4.78 is 0. The number of nitrogens with zero attached hydrogens (tertiary/aromatic N) is 2. The standard InChI is InChI=1S/C14H18N4.ClH/c1-2-4-13-12(3-1)16-10-14(18-13)17-9-11-5-7-15-8-6-11;/h1-4,10-11,15H,5-9H2,(H,17,18);1H. The summed E-state index contributed by atoms with van der Waals surface area (Å²) in [7, 11) is 0. The molecule has 0 atom stereocenters. The highest BCUT2D eigenvalue weighted by Gasteiger charge is 2.12. The summed E-state index contributed by atoms with van der Waals surface area (Å²) >= 11 is 0. The van der Waals surface area contributed by atoms with Crippen molar-refractivity contribution in [3.8, 4) is 0 Å². The summed E-state index contributed by atoms with van der Waals surface area (Å²) in [5.74, 6) is 1.63. The van der Waals surface area contributed by atoms with E-state index in [2.05, 4.69) is 20.6 Å². The van der Waals surface area contributed by atoms with E-state index in [9.17, 15) is 0 Å². The van der Waals surface area contributed by atoms with E-state index in [0.717, 1.165) is 42.4 Å². The molecule has 1 aliphatic rings. The van der Waals surface area contributed by atoms with Crippen LogP contribution in [0.25, 0.3) is 11.0 Å². The smallest absolute Gasteiger partial charge is 0.145 e. The minimum Gasteiger partial charge on any atom is -0.368 e. The van der Waals surface area contributed by atoms with Crippen LogP contribution in [-0.2, 0) is 0 Å². The number of benzene rings is 1. The van der Waals surface area contributed by atoms with Crippen LogP contribution < -0.4 is 10.6 Å². The second-order valence-corrected chi connectivity index (χ2v) is 4.82. The third-order valence-electron chi connectivity index (χ3n) is 3.48. The number of para-hydroxylation sites is 2. The minimum absolute atomic E-state index is 0. The van der Waals surface area contributed by atoms with Gasteiger partial charge in [-0.3, -0.25) is 4.98 Å². The molecule has 19 heavy (non-hydrogen) atoms. The van der Waals surface area contributed by atoms with E-state index >= 15 is 0 Å². The molecule has 5 heteroatoms. The maximum atomic E-state index is 4.57. The quantitative estimate of drug-likeness (QED) is 0.906. The number of hydrogen-bond acceptors (Lipinski definition) is 4. The SMILES string of the molecule is Cl.c1ccc2nc(NCC3CCNCC3)cnc2c1. The third-order valence-corrected chi connectivity index (χ3v) is 3.48. The zero-order chi connectivity index (χ0) is 12.2. The number of piperidine rings is 1. The summed E-state index contributed by atoms with van der Waals surface area (Å²) in [6.45, 7) is 3.26. The molecule has 1 aromatic carbocycles. The van der Waals surface area contributed by atoms with Crippen molar-refractivity contribution in [3.63, 3.8) is 0 Å². The van der Waals surface area contributed by atoms with E-state index in [1.807, 2.05) is 30.5 Å². The fourth-order valence-corrected chi connectivity index (χ4v) is 2.38. The van der Waals surface area contributed by atoms with Crippen LogP contribution in [0.1, 0.15) is 12.8 Å². The summed E-state index contributed by atoms with van der Waals surface area (Å²) in [6.07, 6.45) is 4.31. The Morgan fingerprint density at radius 3 is 2.68 bits per heavy atom. The number of anilines is 1. The van der Waals surface area contributed by atoms with E-state index in [-0.39, 0.29) is 12.4 Å². The monoisotopic (exact) mass is 278 g/mol. The molecule has 0 spiro atoms. The summed E-state index contributed by atoms with van der Waals surface area (Å²) in [4.78, 5) is 8.98. The van der Waals surface area contributed by atoms with Gasteiger partial charge in [0.25, 0.3) is 0 Å². The molecule has 2 aromatic rings. The number of hydrogen-bond donors (Lipinski definition) is 2. The van der Waals surface area contributed by atoms with E-state index in [4.69, 9.17) is 0 Å². The van der Waals surface area contributed by atoms with Crippen LogP contribution >= 0.6 is 12.4 Å². The van der Waals surface area contributed by atoms with Crippen LogP contribution in [0, 0.1) is 5.92 Å². The molecule has 2 heterocycles. The van der Waals surface area contributed by atoms with Gasteiger partial charge in [0.05, 0.1) is 17.2 Å². The molecule has 0 bridgehead atoms. The molecule has 0 aliphatic carbocycles. The van der Waals surface area contributed by atoms with Crippen LogP contribution in [0.2, 0.25) is 0 Å². The highest BCUT2D eigenvalue weighted by atomic mass is 35.5. The Kier molecular flexibility index (Phi) is 4.93. The van der Waals surface area contributed by atoms with Crippen molar-refractivity contribution in [1.82, 2.24) is 15.3 Å². The minimum atomic E-state index is 0. The average molecular weight is 279 g/mol. The molecule has 1 aromatic heterocycles. The first-order valence-electron chi connectivity index (χ1n) is 6.58. The van der Waals surface area contributed by atoms with Gasteiger partial charge >= 0.3 is 0 Å². The van der Waals surface area contributed by atoms with Crippen molar-refractivity contribution in [2.45, 2.75) is 12.8 Å². The Labute approximate surface area is 119 Å². The molecule has 1 aliphatic heterocycles. The van der Waals surface area contributed by atoms with Gasteiger partial charge in [0.2, 0.25) is 0 Å². The van der Waals surface area contributed by atoms with Crippen molar-refractivity contribution in [1.29, 1.82) is 0 Å². The second-order valence-electron chi connectivity index (χ2n) is 4.82. The molecule has 102 valence electrons. The molecule has 1 fully saturated rings. The summed E-state index contributed by atoms with van der Waals surface area (Å²) in [6, 6.07) is 7.96. The first kappa shape index (κ1) is 14.0. The largest absolute Gasteiger partial charge is 0.368 e. The molecular weight excluding hydrogens is 260 g/mol. The second kappa shape index (κ2) is 6.68. The Hall–Kier alpha value is -1.39. The van der Waals surface area contributed by atoms with Crippen molar-refractivity contribution >= 4 is 29.3 Å². The topological polar surface area (TPSA) is 49.8 Å². The van der Waals surface area contributed by atoms with Crippen LogP contribution in [-0.4, -0.2) is 29.6 Å². The number of halogens is 1. The molecule has 0 radical (unpaired) electrons. The maximum Gasteiger partial charge on any atom is 0.145 e. The molecular formula is C14H19ClN4. The first-order chi connectivity index (χ1) is 8.92. The van der Waals surface area contributed by atoms with Gasteiger partial charge in [-0.15, -0.1) is 12.4 Å². The van der Waals surface area contributed by atoms with Crippen LogP contribution in [0.4, 0.5) is 5.82 Å². The molecule has 1 saturated heterocycles. The highest BCUT2D eigenvalue weighted by molar-refractivity contribution is 5.85. The zero-order valence-electron chi connectivity index (χ0n) is 10.8. The Morgan fingerprint density at radius 2 is 1.89 bits per heavy atom. The summed E-state index contributed by atoms with van der Waals surface area (Å²) in [5.41, 5.74) is 1.90. The van der Waals surface area contributed by atoms with E-state index in [1.165, 1.54) is 12.8 Å². The van der Waals surface area contributed by atoms with Crippen molar-refractivity contribution in [2.24, 2.45) is 5.92 Å².